The normalized spacial score (nSPS) is 11.8. The summed E-state index contributed by atoms with van der Waals surface area (Å²) >= 11 is 0. The molecule has 0 spiro atoms. The molecule has 20 heavy (non-hydrogen) atoms. The second kappa shape index (κ2) is 7.53. The Bertz CT molecular complexity index is 408. The molecule has 0 saturated carbocycles. The van der Waals surface area contributed by atoms with Crippen molar-refractivity contribution in [2.24, 2.45) is 5.41 Å². The minimum atomic E-state index is 0.282. The van der Waals surface area contributed by atoms with E-state index in [-0.39, 0.29) is 5.41 Å². The van der Waals surface area contributed by atoms with Gasteiger partial charge in [0.1, 0.15) is 0 Å². The molecule has 0 saturated heterocycles. The summed E-state index contributed by atoms with van der Waals surface area (Å²) in [6.07, 6.45) is 1.02. The molecule has 0 aliphatic carbocycles. The van der Waals surface area contributed by atoms with Crippen LogP contribution in [0.5, 0.6) is 11.5 Å². The van der Waals surface area contributed by atoms with Gasteiger partial charge >= 0.3 is 0 Å². The third kappa shape index (κ3) is 6.29. The first-order valence-electron chi connectivity index (χ1n) is 7.35. The second-order valence-corrected chi connectivity index (χ2v) is 6.68. The van der Waals surface area contributed by atoms with Gasteiger partial charge in [-0.2, -0.15) is 0 Å². The average Bonchev–Trinajstić information content (AvgIpc) is 2.35. The zero-order valence-corrected chi connectivity index (χ0v) is 13.7. The Labute approximate surface area is 123 Å². The summed E-state index contributed by atoms with van der Waals surface area (Å²) in [7, 11) is 1.68. The maximum atomic E-state index is 5.90. The highest BCUT2D eigenvalue weighted by molar-refractivity contribution is 5.42. The Balaban J connectivity index is 2.68. The Kier molecular flexibility index (Phi) is 6.34. The maximum Gasteiger partial charge on any atom is 0.161 e. The van der Waals surface area contributed by atoms with Crippen LogP contribution in [-0.2, 0) is 6.54 Å². The van der Waals surface area contributed by atoms with Gasteiger partial charge < -0.3 is 14.8 Å². The monoisotopic (exact) mass is 279 g/mol. The second-order valence-electron chi connectivity index (χ2n) is 6.68. The largest absolute Gasteiger partial charge is 0.493 e. The molecule has 3 nitrogen and oxygen atoms in total. The molecule has 0 aliphatic rings. The quantitative estimate of drug-likeness (QED) is 0.818. The highest BCUT2D eigenvalue weighted by Crippen LogP contribution is 2.29. The molecule has 1 rings (SSSR count). The molecule has 0 aromatic heterocycles. The van der Waals surface area contributed by atoms with Crippen molar-refractivity contribution in [2.45, 2.75) is 53.6 Å². The van der Waals surface area contributed by atoms with E-state index in [1.807, 2.05) is 6.07 Å². The molecular weight excluding hydrogens is 250 g/mol. The first kappa shape index (κ1) is 16.8. The molecule has 1 N–H and O–H groups in total. The summed E-state index contributed by atoms with van der Waals surface area (Å²) in [6.45, 7) is 12.5. The van der Waals surface area contributed by atoms with E-state index < -0.39 is 0 Å². The van der Waals surface area contributed by atoms with E-state index in [0.29, 0.717) is 12.6 Å². The lowest BCUT2D eigenvalue weighted by Crippen LogP contribution is -2.21. The summed E-state index contributed by atoms with van der Waals surface area (Å²) < 4.78 is 11.3. The SMILES string of the molecule is COc1ccc(CNC(C)C)cc1OCCC(C)(C)C. The van der Waals surface area contributed by atoms with Gasteiger partial charge in [-0.25, -0.2) is 0 Å². The van der Waals surface area contributed by atoms with Crippen LogP contribution in [0.15, 0.2) is 18.2 Å². The molecule has 0 fully saturated rings. The van der Waals surface area contributed by atoms with Crippen LogP contribution in [0.25, 0.3) is 0 Å². The highest BCUT2D eigenvalue weighted by atomic mass is 16.5. The van der Waals surface area contributed by atoms with Gasteiger partial charge in [-0.1, -0.05) is 40.7 Å². The molecule has 3 heteroatoms. The summed E-state index contributed by atoms with van der Waals surface area (Å²) in [5.74, 6) is 1.63. The van der Waals surface area contributed by atoms with Crippen LogP contribution in [0, 0.1) is 5.41 Å². The molecule has 114 valence electrons. The van der Waals surface area contributed by atoms with Gasteiger partial charge in [0.15, 0.2) is 11.5 Å². The highest BCUT2D eigenvalue weighted by Gasteiger charge is 2.12. The first-order chi connectivity index (χ1) is 9.31. The van der Waals surface area contributed by atoms with Gasteiger partial charge in [-0.15, -0.1) is 0 Å². The van der Waals surface area contributed by atoms with Crippen molar-refractivity contribution < 1.29 is 9.47 Å². The molecule has 1 aromatic carbocycles. The predicted molar refractivity (Wildman–Crippen MR) is 84.5 cm³/mol. The molecule has 0 bridgehead atoms. The maximum absolute atomic E-state index is 5.90. The molecule has 0 radical (unpaired) electrons. The number of nitrogens with one attached hydrogen (secondary N) is 1. The smallest absolute Gasteiger partial charge is 0.161 e. The summed E-state index contributed by atoms with van der Waals surface area (Å²) in [5.41, 5.74) is 1.49. The standard InChI is InChI=1S/C17H29NO2/c1-13(2)18-12-14-7-8-15(19-6)16(11-14)20-10-9-17(3,4)5/h7-8,11,13,18H,9-10,12H2,1-6H3. The van der Waals surface area contributed by atoms with E-state index >= 15 is 0 Å². The molecule has 0 atom stereocenters. The molecule has 0 aliphatic heterocycles. The van der Waals surface area contributed by atoms with E-state index in [0.717, 1.165) is 24.5 Å². The summed E-state index contributed by atoms with van der Waals surface area (Å²) in [4.78, 5) is 0. The van der Waals surface area contributed by atoms with E-state index in [1.54, 1.807) is 7.11 Å². The van der Waals surface area contributed by atoms with Gasteiger partial charge in [0.2, 0.25) is 0 Å². The number of hydrogen-bond acceptors (Lipinski definition) is 3. The number of methoxy groups -OCH3 is 1. The van der Waals surface area contributed by atoms with E-state index in [9.17, 15) is 0 Å². The van der Waals surface area contributed by atoms with Crippen molar-refractivity contribution >= 4 is 0 Å². The van der Waals surface area contributed by atoms with Crippen LogP contribution >= 0.6 is 0 Å². The summed E-state index contributed by atoms with van der Waals surface area (Å²) in [5, 5.41) is 3.41. The van der Waals surface area contributed by atoms with Gasteiger partial charge in [0, 0.05) is 12.6 Å². The Morgan fingerprint density at radius 1 is 1.15 bits per heavy atom. The first-order valence-corrected chi connectivity index (χ1v) is 7.35. The summed E-state index contributed by atoms with van der Waals surface area (Å²) in [6, 6.07) is 6.59. The Hall–Kier alpha value is -1.22. The van der Waals surface area contributed by atoms with Crippen molar-refractivity contribution in [2.75, 3.05) is 13.7 Å². The minimum absolute atomic E-state index is 0.282. The van der Waals surface area contributed by atoms with Crippen molar-refractivity contribution in [3.8, 4) is 11.5 Å². The Morgan fingerprint density at radius 3 is 2.40 bits per heavy atom. The fourth-order valence-corrected chi connectivity index (χ4v) is 1.73. The van der Waals surface area contributed by atoms with Crippen LogP contribution in [0.3, 0.4) is 0 Å². The topological polar surface area (TPSA) is 30.5 Å². The number of ether oxygens (including phenoxy) is 2. The van der Waals surface area contributed by atoms with Crippen molar-refractivity contribution in [1.82, 2.24) is 5.32 Å². The lowest BCUT2D eigenvalue weighted by atomic mass is 9.93. The van der Waals surface area contributed by atoms with Gasteiger partial charge in [-0.3, -0.25) is 0 Å². The molecular formula is C17H29NO2. The minimum Gasteiger partial charge on any atom is -0.493 e. The van der Waals surface area contributed by atoms with Gasteiger partial charge in [-0.05, 0) is 29.5 Å². The van der Waals surface area contributed by atoms with E-state index in [1.165, 1.54) is 5.56 Å². The van der Waals surface area contributed by atoms with Crippen LogP contribution in [0.4, 0.5) is 0 Å². The lowest BCUT2D eigenvalue weighted by molar-refractivity contribution is 0.234. The average molecular weight is 279 g/mol. The van der Waals surface area contributed by atoms with Crippen molar-refractivity contribution in [3.05, 3.63) is 23.8 Å². The van der Waals surface area contributed by atoms with Gasteiger partial charge in [0.05, 0.1) is 13.7 Å². The van der Waals surface area contributed by atoms with Crippen molar-refractivity contribution in [1.29, 1.82) is 0 Å². The van der Waals surface area contributed by atoms with Crippen molar-refractivity contribution in [3.63, 3.8) is 0 Å². The van der Waals surface area contributed by atoms with Crippen LogP contribution < -0.4 is 14.8 Å². The van der Waals surface area contributed by atoms with Gasteiger partial charge in [0.25, 0.3) is 0 Å². The third-order valence-corrected chi connectivity index (χ3v) is 3.05. The van der Waals surface area contributed by atoms with E-state index in [4.69, 9.17) is 9.47 Å². The predicted octanol–water partition coefficient (Wildman–Crippen LogP) is 4.01. The van der Waals surface area contributed by atoms with Crippen LogP contribution in [0.1, 0.15) is 46.6 Å². The Morgan fingerprint density at radius 2 is 1.85 bits per heavy atom. The third-order valence-electron chi connectivity index (χ3n) is 3.05. The van der Waals surface area contributed by atoms with E-state index in [2.05, 4.69) is 52.1 Å². The molecule has 0 unspecified atom stereocenters. The zero-order chi connectivity index (χ0) is 15.2. The fourth-order valence-electron chi connectivity index (χ4n) is 1.73. The lowest BCUT2D eigenvalue weighted by Gasteiger charge is -2.19. The number of benzene rings is 1. The molecule has 0 heterocycles. The molecule has 1 aromatic rings. The fraction of sp³-hybridized carbons (Fsp3) is 0.647. The number of hydrogen-bond donors (Lipinski definition) is 1. The number of rotatable bonds is 7. The zero-order valence-electron chi connectivity index (χ0n) is 13.7. The van der Waals surface area contributed by atoms with Crippen LogP contribution in [0.2, 0.25) is 0 Å². The molecule has 0 amide bonds. The van der Waals surface area contributed by atoms with Crippen LogP contribution in [-0.4, -0.2) is 19.8 Å².